The molecule has 3 heterocycles. The Labute approximate surface area is 408 Å². The molecule has 382 valence electrons. The largest absolute Gasteiger partial charge is 0.492 e. The Morgan fingerprint density at radius 2 is 1.28 bits per heavy atom. The average Bonchev–Trinajstić information content (AvgIpc) is 3.66. The third-order valence-corrected chi connectivity index (χ3v) is 12.8. The molecular formula is C48H60F2N10O11. The zero-order valence-electron chi connectivity index (χ0n) is 39.3. The second-order valence-electron chi connectivity index (χ2n) is 18.1. The van der Waals surface area contributed by atoms with E-state index in [1.165, 1.54) is 12.3 Å². The molecule has 1 aromatic heterocycles. The van der Waals surface area contributed by atoms with Gasteiger partial charge in [-0.2, -0.15) is 5.26 Å². The van der Waals surface area contributed by atoms with Gasteiger partial charge in [0.2, 0.25) is 17.7 Å². The number of carbonyl (C=O) groups excluding carboxylic acids is 4. The number of pyridine rings is 1. The van der Waals surface area contributed by atoms with Crippen molar-refractivity contribution in [2.75, 3.05) is 105 Å². The van der Waals surface area contributed by atoms with Crippen molar-refractivity contribution >= 4 is 52.4 Å². The molecule has 21 nitrogen and oxygen atoms in total. The van der Waals surface area contributed by atoms with Crippen LogP contribution < -0.4 is 20.7 Å². The molecule has 2 aliphatic heterocycles. The number of hydrogen-bond acceptors (Lipinski definition) is 14. The predicted molar refractivity (Wildman–Crippen MR) is 251 cm³/mol. The first kappa shape index (κ1) is 53.5. The van der Waals surface area contributed by atoms with Crippen LogP contribution in [0.25, 0.3) is 22.0 Å². The van der Waals surface area contributed by atoms with E-state index in [1.54, 1.807) is 45.0 Å². The summed E-state index contributed by atoms with van der Waals surface area (Å²) in [6.07, 6.45) is 3.05. The van der Waals surface area contributed by atoms with E-state index in [0.717, 1.165) is 16.0 Å². The molecule has 0 radical (unpaired) electrons. The average molecular weight is 991 g/mol. The van der Waals surface area contributed by atoms with Crippen molar-refractivity contribution in [3.8, 4) is 22.9 Å². The molecule has 0 spiro atoms. The van der Waals surface area contributed by atoms with Crippen LogP contribution in [-0.4, -0.2) is 209 Å². The van der Waals surface area contributed by atoms with E-state index in [-0.39, 0.29) is 94.8 Å². The maximum absolute atomic E-state index is 13.8. The third-order valence-electron chi connectivity index (χ3n) is 12.8. The number of carbonyl (C=O) groups is 7. The van der Waals surface area contributed by atoms with E-state index >= 15 is 0 Å². The maximum Gasteiger partial charge on any atom is 0.317 e. The summed E-state index contributed by atoms with van der Waals surface area (Å²) >= 11 is 0. The molecule has 23 heteroatoms. The number of fused-ring (bicyclic) bond motifs is 1. The van der Waals surface area contributed by atoms with Gasteiger partial charge in [0.05, 0.1) is 63.0 Å². The summed E-state index contributed by atoms with van der Waals surface area (Å²) in [6.45, 7) is 0.665. The first-order chi connectivity index (χ1) is 33.9. The lowest BCUT2D eigenvalue weighted by Gasteiger charge is -2.33. The summed E-state index contributed by atoms with van der Waals surface area (Å²) in [5.41, 5.74) is 2.39. The van der Waals surface area contributed by atoms with Crippen LogP contribution in [-0.2, 0) is 28.8 Å². The highest BCUT2D eigenvalue weighted by molar-refractivity contribution is 6.07. The molecular weight excluding hydrogens is 931 g/mol. The van der Waals surface area contributed by atoms with Gasteiger partial charge in [-0.25, -0.2) is 8.78 Å². The number of likely N-dealkylation sites (tertiary alicyclic amines) is 1. The number of carboxylic acids is 3. The van der Waals surface area contributed by atoms with Gasteiger partial charge < -0.3 is 40.9 Å². The number of ether oxygens (including phenoxy) is 1. The van der Waals surface area contributed by atoms with Crippen molar-refractivity contribution in [2.24, 2.45) is 5.92 Å². The Kier molecular flexibility index (Phi) is 19.1. The van der Waals surface area contributed by atoms with Gasteiger partial charge in [-0.15, -0.1) is 0 Å². The fourth-order valence-electron chi connectivity index (χ4n) is 9.06. The Balaban J connectivity index is 0.914. The lowest BCUT2D eigenvalue weighted by Crippen LogP contribution is -2.50. The lowest BCUT2D eigenvalue weighted by molar-refractivity contribution is -0.140. The Bertz CT molecular complexity index is 2400. The van der Waals surface area contributed by atoms with Crippen molar-refractivity contribution in [3.05, 3.63) is 60.3 Å². The van der Waals surface area contributed by atoms with Gasteiger partial charge >= 0.3 is 17.9 Å². The van der Waals surface area contributed by atoms with E-state index in [2.05, 4.69) is 20.9 Å². The Hall–Kier alpha value is -6.87. The molecule has 0 unspecified atom stereocenters. The zero-order chi connectivity index (χ0) is 51.1. The number of aliphatic carboxylic acids is 3. The first-order valence-corrected chi connectivity index (χ1v) is 23.5. The van der Waals surface area contributed by atoms with Crippen LogP contribution in [0.4, 0.5) is 8.78 Å². The number of nitrogens with zero attached hydrogens (tertiary/aromatic N) is 7. The molecule has 3 aromatic rings. The molecule has 3 aliphatic rings. The van der Waals surface area contributed by atoms with E-state index in [1.807, 2.05) is 23.1 Å². The van der Waals surface area contributed by atoms with Crippen LogP contribution in [0.15, 0.2) is 54.7 Å². The summed E-state index contributed by atoms with van der Waals surface area (Å²) in [5, 5.41) is 46.6. The smallest absolute Gasteiger partial charge is 0.317 e. The molecule has 3 fully saturated rings. The highest BCUT2D eigenvalue weighted by Crippen LogP contribution is 2.32. The van der Waals surface area contributed by atoms with E-state index < -0.39 is 61.2 Å². The number of aromatic nitrogens is 1. The van der Waals surface area contributed by atoms with Crippen molar-refractivity contribution in [1.82, 2.24) is 45.4 Å². The number of rotatable bonds is 18. The molecule has 71 heavy (non-hydrogen) atoms. The second kappa shape index (κ2) is 25.3. The Morgan fingerprint density at radius 3 is 1.83 bits per heavy atom. The minimum absolute atomic E-state index is 0.0100. The second-order valence-corrected chi connectivity index (χ2v) is 18.1. The van der Waals surface area contributed by atoms with Crippen LogP contribution >= 0.6 is 0 Å². The van der Waals surface area contributed by atoms with Crippen LogP contribution in [0.1, 0.15) is 42.5 Å². The van der Waals surface area contributed by atoms with Gasteiger partial charge in [-0.1, -0.05) is 24.3 Å². The van der Waals surface area contributed by atoms with Gasteiger partial charge in [0, 0.05) is 82.3 Å². The fraction of sp³-hybridized carbons (Fsp3) is 0.521. The van der Waals surface area contributed by atoms with Crippen LogP contribution in [0, 0.1) is 17.2 Å². The highest BCUT2D eigenvalue weighted by atomic mass is 19.3. The molecule has 4 amide bonds. The highest BCUT2D eigenvalue weighted by Gasteiger charge is 2.47. The standard InChI is InChI=1S/C48H60F2N10O11/c49-48(50)24-36(25-51)60(31-48)42(62)26-54-47(70)39-11-12-52-40-23-34(5-10-38(39)40)32-3-8-37(9-4-32)71-22-13-53-46(69)33-1-6-35(7-2-33)55-41(61)27-56-14-16-57(28-43(63)64)18-20-59(30-45(67)68)21-19-58(17-15-56)29-44(65)66/h3-5,8-12,23,33,35-36H,1-2,6-7,13-22,24,26-31H2,(H,53,69)(H,54,70)(H,55,61)(H,63,64)(H,65,66)(H,67,68)/t33?,35?,36-/m0/s1. The summed E-state index contributed by atoms with van der Waals surface area (Å²) in [4.78, 5) is 98.9. The van der Waals surface area contributed by atoms with Gasteiger partial charge in [0.15, 0.2) is 0 Å². The van der Waals surface area contributed by atoms with Gasteiger partial charge in [0.25, 0.3) is 11.8 Å². The van der Waals surface area contributed by atoms with Crippen molar-refractivity contribution in [2.45, 2.75) is 50.1 Å². The summed E-state index contributed by atoms with van der Waals surface area (Å²) in [5.74, 6) is -7.62. The SMILES string of the molecule is N#C[C@@H]1CC(F)(F)CN1C(=O)CNC(=O)c1ccnc2cc(-c3ccc(OCCNC(=O)C4CCC(NC(=O)CN5CCN(CC(=O)O)CCN(CC(=O)O)CCN(CC(=O)O)CC5)CC4)cc3)ccc12. The number of carboxylic acid groups (broad SMARTS) is 3. The number of alkyl halides is 2. The number of nitriles is 1. The number of hydrogen-bond donors (Lipinski definition) is 6. The van der Waals surface area contributed by atoms with E-state index in [4.69, 9.17) is 4.74 Å². The Morgan fingerprint density at radius 1 is 0.732 bits per heavy atom. The summed E-state index contributed by atoms with van der Waals surface area (Å²) < 4.78 is 33.5. The van der Waals surface area contributed by atoms with E-state index in [0.29, 0.717) is 68.5 Å². The molecule has 0 bridgehead atoms. The van der Waals surface area contributed by atoms with Crippen LogP contribution in [0.5, 0.6) is 5.75 Å². The fourth-order valence-corrected chi connectivity index (χ4v) is 9.06. The number of halogens is 2. The monoisotopic (exact) mass is 990 g/mol. The topological polar surface area (TPSA) is 278 Å². The maximum atomic E-state index is 13.8. The van der Waals surface area contributed by atoms with Gasteiger partial charge in [-0.05, 0) is 61.1 Å². The number of nitrogens with one attached hydrogen (secondary N) is 3. The molecule has 1 saturated carbocycles. The molecule has 1 atom stereocenters. The van der Waals surface area contributed by atoms with Crippen molar-refractivity contribution in [1.29, 1.82) is 5.26 Å². The predicted octanol–water partition coefficient (Wildman–Crippen LogP) is 1.04. The minimum Gasteiger partial charge on any atom is -0.492 e. The summed E-state index contributed by atoms with van der Waals surface area (Å²) in [7, 11) is 0. The molecule has 2 saturated heterocycles. The number of benzene rings is 2. The van der Waals surface area contributed by atoms with Gasteiger partial charge in [0.1, 0.15) is 18.4 Å². The minimum atomic E-state index is -3.17. The van der Waals surface area contributed by atoms with Crippen LogP contribution in [0.2, 0.25) is 0 Å². The molecule has 6 N–H and O–H groups in total. The van der Waals surface area contributed by atoms with Crippen molar-refractivity contribution < 1.29 is 62.4 Å². The van der Waals surface area contributed by atoms with Crippen LogP contribution in [0.3, 0.4) is 0 Å². The zero-order valence-corrected chi connectivity index (χ0v) is 39.3. The molecule has 2 aromatic carbocycles. The molecule has 1 aliphatic carbocycles. The first-order valence-electron chi connectivity index (χ1n) is 23.5. The van der Waals surface area contributed by atoms with E-state index in [9.17, 15) is 62.9 Å². The quantitative estimate of drug-likeness (QED) is 0.0972. The number of amides is 4. The van der Waals surface area contributed by atoms with Crippen molar-refractivity contribution in [3.63, 3.8) is 0 Å². The summed E-state index contributed by atoms with van der Waals surface area (Å²) in [6, 6.07) is 14.4. The normalized spacial score (nSPS) is 20.7. The third kappa shape index (κ3) is 16.3. The van der Waals surface area contributed by atoms with Gasteiger partial charge in [-0.3, -0.25) is 58.1 Å². The lowest BCUT2D eigenvalue weighted by atomic mass is 9.85. The molecule has 6 rings (SSSR count).